The van der Waals surface area contributed by atoms with E-state index in [2.05, 4.69) is 39.6 Å². The number of rotatable bonds is 1. The van der Waals surface area contributed by atoms with Crippen molar-refractivity contribution in [1.82, 2.24) is 4.98 Å². The third-order valence-electron chi connectivity index (χ3n) is 1.87. The van der Waals surface area contributed by atoms with E-state index < -0.39 is 0 Å². The van der Waals surface area contributed by atoms with Crippen molar-refractivity contribution in [1.29, 1.82) is 0 Å². The lowest BCUT2D eigenvalue weighted by Gasteiger charge is -2.13. The maximum atomic E-state index is 5.90. The Hall–Kier alpha value is -0.570. The van der Waals surface area contributed by atoms with Gasteiger partial charge in [0.25, 0.3) is 0 Å². The number of nitrogen functional groups attached to an aromatic ring is 1. The SMILES string of the molecule is CC(C)c1nc(C(C)(C)C)sc1N. The number of hydrogen-bond acceptors (Lipinski definition) is 3. The van der Waals surface area contributed by atoms with Gasteiger partial charge < -0.3 is 5.73 Å². The van der Waals surface area contributed by atoms with Crippen LogP contribution >= 0.6 is 11.3 Å². The van der Waals surface area contributed by atoms with Crippen LogP contribution in [0.4, 0.5) is 5.00 Å². The second kappa shape index (κ2) is 3.29. The number of nitrogens with two attached hydrogens (primary N) is 1. The normalized spacial score (nSPS) is 12.5. The highest BCUT2D eigenvalue weighted by molar-refractivity contribution is 7.15. The van der Waals surface area contributed by atoms with E-state index in [-0.39, 0.29) is 5.41 Å². The molecule has 1 aromatic rings. The van der Waals surface area contributed by atoms with E-state index in [4.69, 9.17) is 5.73 Å². The van der Waals surface area contributed by atoms with Crippen LogP contribution in [0.3, 0.4) is 0 Å². The van der Waals surface area contributed by atoms with Gasteiger partial charge in [0.05, 0.1) is 5.69 Å². The van der Waals surface area contributed by atoms with Crippen molar-refractivity contribution in [2.45, 2.75) is 46.0 Å². The average Bonchev–Trinajstić information content (AvgIpc) is 2.29. The number of thiazole rings is 1. The van der Waals surface area contributed by atoms with Gasteiger partial charge in [-0.3, -0.25) is 0 Å². The fourth-order valence-corrected chi connectivity index (χ4v) is 2.12. The monoisotopic (exact) mass is 198 g/mol. The molecule has 1 aromatic heterocycles. The summed E-state index contributed by atoms with van der Waals surface area (Å²) >= 11 is 1.62. The third-order valence-corrected chi connectivity index (χ3v) is 3.20. The quantitative estimate of drug-likeness (QED) is 0.753. The van der Waals surface area contributed by atoms with Gasteiger partial charge in [-0.25, -0.2) is 4.98 Å². The van der Waals surface area contributed by atoms with Crippen LogP contribution in [0.2, 0.25) is 0 Å². The minimum Gasteiger partial charge on any atom is -0.389 e. The lowest BCUT2D eigenvalue weighted by molar-refractivity contribution is 0.581. The second-order valence-electron chi connectivity index (χ2n) is 4.67. The second-order valence-corrected chi connectivity index (χ2v) is 5.70. The first-order chi connectivity index (χ1) is 5.82. The van der Waals surface area contributed by atoms with Crippen LogP contribution in [0, 0.1) is 0 Å². The van der Waals surface area contributed by atoms with Crippen LogP contribution in [0.1, 0.15) is 51.2 Å². The summed E-state index contributed by atoms with van der Waals surface area (Å²) in [6.45, 7) is 10.7. The minimum absolute atomic E-state index is 0.117. The average molecular weight is 198 g/mol. The van der Waals surface area contributed by atoms with Gasteiger partial charge in [0, 0.05) is 5.41 Å². The summed E-state index contributed by atoms with van der Waals surface area (Å²) in [6, 6.07) is 0. The molecule has 0 aromatic carbocycles. The number of nitrogens with zero attached hydrogens (tertiary/aromatic N) is 1. The summed E-state index contributed by atoms with van der Waals surface area (Å²) in [4.78, 5) is 4.57. The number of anilines is 1. The van der Waals surface area contributed by atoms with Gasteiger partial charge in [0.1, 0.15) is 10.0 Å². The Morgan fingerprint density at radius 1 is 1.31 bits per heavy atom. The standard InChI is InChI=1S/C10H18N2S/c1-6(2)7-8(11)13-9(12-7)10(3,4)5/h6H,11H2,1-5H3. The summed E-state index contributed by atoms with van der Waals surface area (Å²) in [7, 11) is 0. The first kappa shape index (κ1) is 10.5. The van der Waals surface area contributed by atoms with Gasteiger partial charge in [-0.05, 0) is 5.92 Å². The van der Waals surface area contributed by atoms with Crippen LogP contribution in [0.5, 0.6) is 0 Å². The van der Waals surface area contributed by atoms with Crippen LogP contribution in [-0.2, 0) is 5.41 Å². The number of aromatic nitrogens is 1. The molecule has 0 radical (unpaired) electrons. The first-order valence-electron chi connectivity index (χ1n) is 4.59. The van der Waals surface area contributed by atoms with Crippen molar-refractivity contribution >= 4 is 16.3 Å². The van der Waals surface area contributed by atoms with E-state index >= 15 is 0 Å². The molecule has 0 unspecified atom stereocenters. The van der Waals surface area contributed by atoms with Gasteiger partial charge in [0.15, 0.2) is 0 Å². The Morgan fingerprint density at radius 2 is 1.85 bits per heavy atom. The zero-order valence-corrected chi connectivity index (χ0v) is 9.83. The maximum Gasteiger partial charge on any atom is 0.110 e. The van der Waals surface area contributed by atoms with E-state index in [1.807, 2.05) is 0 Å². The molecule has 0 saturated carbocycles. The van der Waals surface area contributed by atoms with E-state index in [1.165, 1.54) is 0 Å². The maximum absolute atomic E-state index is 5.90. The van der Waals surface area contributed by atoms with E-state index in [0.29, 0.717) is 5.92 Å². The third kappa shape index (κ3) is 2.21. The minimum atomic E-state index is 0.117. The van der Waals surface area contributed by atoms with Crippen molar-refractivity contribution in [3.63, 3.8) is 0 Å². The molecule has 0 fully saturated rings. The predicted molar refractivity (Wildman–Crippen MR) is 59.3 cm³/mol. The molecule has 2 nitrogen and oxygen atoms in total. The molecule has 0 spiro atoms. The topological polar surface area (TPSA) is 38.9 Å². The largest absolute Gasteiger partial charge is 0.389 e. The summed E-state index contributed by atoms with van der Waals surface area (Å²) in [5.74, 6) is 0.423. The molecule has 1 rings (SSSR count). The van der Waals surface area contributed by atoms with Gasteiger partial charge in [-0.1, -0.05) is 34.6 Å². The Bertz CT molecular complexity index is 294. The van der Waals surface area contributed by atoms with Gasteiger partial charge in [-0.15, -0.1) is 11.3 Å². The zero-order valence-electron chi connectivity index (χ0n) is 9.01. The predicted octanol–water partition coefficient (Wildman–Crippen LogP) is 3.15. The number of hydrogen-bond donors (Lipinski definition) is 1. The summed E-state index contributed by atoms with van der Waals surface area (Å²) in [5.41, 5.74) is 7.06. The van der Waals surface area contributed by atoms with Gasteiger partial charge in [0.2, 0.25) is 0 Å². The van der Waals surface area contributed by atoms with Gasteiger partial charge in [-0.2, -0.15) is 0 Å². The van der Waals surface area contributed by atoms with Crippen molar-refractivity contribution in [2.24, 2.45) is 0 Å². The van der Waals surface area contributed by atoms with Gasteiger partial charge >= 0.3 is 0 Å². The lowest BCUT2D eigenvalue weighted by Crippen LogP contribution is -2.10. The van der Waals surface area contributed by atoms with Crippen molar-refractivity contribution in [2.75, 3.05) is 5.73 Å². The molecular formula is C10H18N2S. The highest BCUT2D eigenvalue weighted by Crippen LogP contribution is 2.33. The summed E-state index contributed by atoms with van der Waals surface area (Å²) in [6.07, 6.45) is 0. The summed E-state index contributed by atoms with van der Waals surface area (Å²) < 4.78 is 0. The molecule has 0 amide bonds. The Balaban J connectivity index is 3.10. The molecule has 0 aliphatic heterocycles. The Kier molecular flexibility index (Phi) is 2.66. The smallest absolute Gasteiger partial charge is 0.110 e. The van der Waals surface area contributed by atoms with E-state index in [9.17, 15) is 0 Å². The molecule has 0 aliphatic rings. The Morgan fingerprint density at radius 3 is 2.08 bits per heavy atom. The highest BCUT2D eigenvalue weighted by atomic mass is 32.1. The Labute approximate surface area is 84.2 Å². The molecule has 13 heavy (non-hydrogen) atoms. The fourth-order valence-electron chi connectivity index (χ4n) is 1.08. The molecule has 0 atom stereocenters. The van der Waals surface area contributed by atoms with Crippen LogP contribution in [-0.4, -0.2) is 4.98 Å². The van der Waals surface area contributed by atoms with E-state index in [0.717, 1.165) is 15.7 Å². The van der Waals surface area contributed by atoms with Crippen molar-refractivity contribution < 1.29 is 0 Å². The summed E-state index contributed by atoms with van der Waals surface area (Å²) in [5, 5.41) is 2.01. The molecule has 2 N–H and O–H groups in total. The molecule has 0 aliphatic carbocycles. The van der Waals surface area contributed by atoms with E-state index in [1.54, 1.807) is 11.3 Å². The molecule has 74 valence electrons. The molecule has 3 heteroatoms. The molecule has 0 saturated heterocycles. The molecule has 0 bridgehead atoms. The highest BCUT2D eigenvalue weighted by Gasteiger charge is 2.21. The fraction of sp³-hybridized carbons (Fsp3) is 0.700. The lowest BCUT2D eigenvalue weighted by atomic mass is 9.98. The van der Waals surface area contributed by atoms with Crippen LogP contribution in [0.25, 0.3) is 0 Å². The molecular weight excluding hydrogens is 180 g/mol. The van der Waals surface area contributed by atoms with Crippen LogP contribution < -0.4 is 5.73 Å². The zero-order chi connectivity index (χ0) is 10.2. The first-order valence-corrected chi connectivity index (χ1v) is 5.40. The van der Waals surface area contributed by atoms with Crippen LogP contribution in [0.15, 0.2) is 0 Å². The molecule has 1 heterocycles. The van der Waals surface area contributed by atoms with Crippen molar-refractivity contribution in [3.05, 3.63) is 10.7 Å². The van der Waals surface area contributed by atoms with Crippen molar-refractivity contribution in [3.8, 4) is 0 Å².